The van der Waals surface area contributed by atoms with Gasteiger partial charge in [-0.25, -0.2) is 0 Å². The summed E-state index contributed by atoms with van der Waals surface area (Å²) < 4.78 is 6.19. The normalized spacial score (nSPS) is 16.5. The molecule has 5 nitrogen and oxygen atoms in total. The molecule has 0 spiro atoms. The van der Waals surface area contributed by atoms with Gasteiger partial charge in [-0.3, -0.25) is 14.7 Å². The first-order chi connectivity index (χ1) is 14.5. The molecule has 30 heavy (non-hydrogen) atoms. The number of likely N-dealkylation sites (tertiary alicyclic amines) is 1. The van der Waals surface area contributed by atoms with Crippen LogP contribution in [0.2, 0.25) is 10.0 Å². The van der Waals surface area contributed by atoms with Crippen LogP contribution in [-0.4, -0.2) is 41.0 Å². The number of halogens is 2. The number of aromatic nitrogens is 1. The average Bonchev–Trinajstić information content (AvgIpc) is 2.74. The van der Waals surface area contributed by atoms with Crippen LogP contribution in [0.5, 0.6) is 5.75 Å². The predicted molar refractivity (Wildman–Crippen MR) is 120 cm³/mol. The molecule has 1 saturated heterocycles. The number of ether oxygens (including phenoxy) is 1. The van der Waals surface area contributed by atoms with Crippen LogP contribution >= 0.6 is 23.2 Å². The Hall–Kier alpha value is -2.34. The highest BCUT2D eigenvalue weighted by Crippen LogP contribution is 2.28. The zero-order valence-electron chi connectivity index (χ0n) is 16.4. The number of pyridine rings is 1. The number of benzene rings is 2. The highest BCUT2D eigenvalue weighted by Gasteiger charge is 2.29. The Kier molecular flexibility index (Phi) is 6.42. The number of piperidine rings is 1. The van der Waals surface area contributed by atoms with Gasteiger partial charge in [-0.05, 0) is 61.2 Å². The minimum atomic E-state index is -0.335. The molecule has 2 aromatic carbocycles. The van der Waals surface area contributed by atoms with Gasteiger partial charge >= 0.3 is 0 Å². The molecule has 1 aliphatic rings. The molecule has 1 unspecified atom stereocenters. The van der Waals surface area contributed by atoms with Gasteiger partial charge in [-0.2, -0.15) is 0 Å². The number of amides is 1. The van der Waals surface area contributed by atoms with Crippen LogP contribution in [0.4, 0.5) is 0 Å². The third kappa shape index (κ3) is 4.86. The maximum Gasteiger partial charge on any atom is 0.235 e. The van der Waals surface area contributed by atoms with Crippen molar-refractivity contribution in [3.8, 4) is 5.75 Å². The summed E-state index contributed by atoms with van der Waals surface area (Å²) in [6.07, 6.45) is 4.00. The monoisotopic (exact) mass is 443 g/mol. The number of nitrogens with zero attached hydrogens (tertiary/aromatic N) is 2. The van der Waals surface area contributed by atoms with E-state index < -0.39 is 0 Å². The highest BCUT2D eigenvalue weighted by atomic mass is 35.5. The molecule has 2 heterocycles. The van der Waals surface area contributed by atoms with Gasteiger partial charge in [0.05, 0.1) is 16.6 Å². The van der Waals surface area contributed by atoms with Crippen molar-refractivity contribution in [1.29, 1.82) is 0 Å². The van der Waals surface area contributed by atoms with Gasteiger partial charge in [0.2, 0.25) is 5.91 Å². The second kappa shape index (κ2) is 9.21. The van der Waals surface area contributed by atoms with E-state index in [1.54, 1.807) is 12.3 Å². The molecular formula is C23H23Cl2N3O2. The van der Waals surface area contributed by atoms with E-state index in [9.17, 15) is 4.79 Å². The molecule has 4 rings (SSSR count). The Bertz CT molecular complexity index is 1030. The van der Waals surface area contributed by atoms with Gasteiger partial charge in [0.15, 0.2) is 0 Å². The summed E-state index contributed by atoms with van der Waals surface area (Å²) in [6.45, 7) is 1.50. The summed E-state index contributed by atoms with van der Waals surface area (Å²) >= 11 is 12.2. The van der Waals surface area contributed by atoms with Crippen molar-refractivity contribution in [1.82, 2.24) is 9.88 Å². The molecule has 0 radical (unpaired) electrons. The minimum absolute atomic E-state index is 0.0817. The first-order valence-corrected chi connectivity index (χ1v) is 10.7. The summed E-state index contributed by atoms with van der Waals surface area (Å²) in [6, 6.07) is 14.8. The fourth-order valence-corrected chi connectivity index (χ4v) is 4.25. The zero-order chi connectivity index (χ0) is 21.1. The van der Waals surface area contributed by atoms with Crippen LogP contribution < -0.4 is 10.5 Å². The fraction of sp³-hybridized carbons (Fsp3) is 0.304. The standard InChI is InChI=1S/C23H23Cl2N3O2/c24-16-3-1-15(2-4-16)13-22(23(26)29)28-11-8-17(9-12-28)30-18-5-6-21-19(14-18)20(25)7-10-27-21/h1-7,10,14,17,22H,8-9,11-13H2,(H2,26,29). The summed E-state index contributed by atoms with van der Waals surface area (Å²) in [4.78, 5) is 18.6. The van der Waals surface area contributed by atoms with Gasteiger partial charge in [0.25, 0.3) is 0 Å². The molecule has 2 N–H and O–H groups in total. The minimum Gasteiger partial charge on any atom is -0.490 e. The molecular weight excluding hydrogens is 421 g/mol. The van der Waals surface area contributed by atoms with Crippen molar-refractivity contribution >= 4 is 40.0 Å². The zero-order valence-corrected chi connectivity index (χ0v) is 17.9. The van der Waals surface area contributed by atoms with Crippen molar-refractivity contribution in [3.05, 3.63) is 70.3 Å². The van der Waals surface area contributed by atoms with Gasteiger partial charge in [-0.15, -0.1) is 0 Å². The van der Waals surface area contributed by atoms with E-state index in [1.165, 1.54) is 0 Å². The van der Waals surface area contributed by atoms with Crippen LogP contribution in [0.3, 0.4) is 0 Å². The molecule has 3 aromatic rings. The van der Waals surface area contributed by atoms with Crippen LogP contribution in [0.15, 0.2) is 54.7 Å². The highest BCUT2D eigenvalue weighted by molar-refractivity contribution is 6.35. The maximum atomic E-state index is 12.1. The lowest BCUT2D eigenvalue weighted by molar-refractivity contribution is -0.124. The van der Waals surface area contributed by atoms with Gasteiger partial charge < -0.3 is 10.5 Å². The molecule has 0 aliphatic carbocycles. The van der Waals surface area contributed by atoms with E-state index in [0.717, 1.165) is 48.1 Å². The van der Waals surface area contributed by atoms with E-state index in [1.807, 2.05) is 42.5 Å². The summed E-state index contributed by atoms with van der Waals surface area (Å²) in [5.41, 5.74) is 7.60. The first-order valence-electron chi connectivity index (χ1n) is 9.98. The second-order valence-electron chi connectivity index (χ2n) is 7.57. The van der Waals surface area contributed by atoms with Crippen LogP contribution in [0.1, 0.15) is 18.4 Å². The molecule has 1 aliphatic heterocycles. The van der Waals surface area contributed by atoms with Crippen molar-refractivity contribution in [2.75, 3.05) is 13.1 Å². The largest absolute Gasteiger partial charge is 0.490 e. The van der Waals surface area contributed by atoms with E-state index in [2.05, 4.69) is 9.88 Å². The Morgan fingerprint density at radius 1 is 1.13 bits per heavy atom. The Labute approximate surface area is 185 Å². The van der Waals surface area contributed by atoms with Crippen LogP contribution in [0, 0.1) is 0 Å². The smallest absolute Gasteiger partial charge is 0.235 e. The molecule has 1 aromatic heterocycles. The third-order valence-corrected chi connectivity index (χ3v) is 6.13. The predicted octanol–water partition coefficient (Wildman–Crippen LogP) is 4.48. The average molecular weight is 444 g/mol. The Balaban J connectivity index is 1.38. The van der Waals surface area contributed by atoms with Crippen molar-refractivity contribution in [2.24, 2.45) is 5.73 Å². The molecule has 1 amide bonds. The maximum absolute atomic E-state index is 12.1. The molecule has 7 heteroatoms. The fourth-order valence-electron chi connectivity index (χ4n) is 3.92. The quantitative estimate of drug-likeness (QED) is 0.609. The molecule has 156 valence electrons. The lowest BCUT2D eigenvalue weighted by atomic mass is 10.00. The van der Waals surface area contributed by atoms with Crippen LogP contribution in [0.25, 0.3) is 10.9 Å². The molecule has 1 atom stereocenters. The van der Waals surface area contributed by atoms with E-state index >= 15 is 0 Å². The number of fused-ring (bicyclic) bond motifs is 1. The van der Waals surface area contributed by atoms with E-state index in [4.69, 9.17) is 33.7 Å². The number of primary amides is 1. The van der Waals surface area contributed by atoms with Gasteiger partial charge in [0, 0.05) is 29.7 Å². The lowest BCUT2D eigenvalue weighted by Gasteiger charge is -2.36. The number of carbonyl (C=O) groups excluding carboxylic acids is 1. The van der Waals surface area contributed by atoms with Crippen LogP contribution in [-0.2, 0) is 11.2 Å². The lowest BCUT2D eigenvalue weighted by Crippen LogP contribution is -2.50. The topological polar surface area (TPSA) is 68.5 Å². The summed E-state index contributed by atoms with van der Waals surface area (Å²) in [7, 11) is 0. The number of hydrogen-bond donors (Lipinski definition) is 1. The number of rotatable bonds is 6. The summed E-state index contributed by atoms with van der Waals surface area (Å²) in [5, 5.41) is 2.22. The molecule has 1 fully saturated rings. The van der Waals surface area contributed by atoms with Gasteiger partial charge in [0.1, 0.15) is 11.9 Å². The Morgan fingerprint density at radius 3 is 2.57 bits per heavy atom. The van der Waals surface area contributed by atoms with Crippen molar-refractivity contribution in [2.45, 2.75) is 31.4 Å². The summed E-state index contributed by atoms with van der Waals surface area (Å²) in [5.74, 6) is 0.476. The van der Waals surface area contributed by atoms with Crippen molar-refractivity contribution < 1.29 is 9.53 Å². The molecule has 0 saturated carbocycles. The number of carbonyl (C=O) groups is 1. The Morgan fingerprint density at radius 2 is 1.87 bits per heavy atom. The van der Waals surface area contributed by atoms with E-state index in [-0.39, 0.29) is 18.1 Å². The second-order valence-corrected chi connectivity index (χ2v) is 8.42. The first kappa shape index (κ1) is 20.9. The van der Waals surface area contributed by atoms with Crippen molar-refractivity contribution in [3.63, 3.8) is 0 Å². The molecule has 0 bridgehead atoms. The van der Waals surface area contributed by atoms with Gasteiger partial charge in [-0.1, -0.05) is 35.3 Å². The SMILES string of the molecule is NC(=O)C(Cc1ccc(Cl)cc1)N1CCC(Oc2ccc3nccc(Cl)c3c2)CC1. The number of nitrogens with two attached hydrogens (primary N) is 1. The number of hydrogen-bond acceptors (Lipinski definition) is 4. The van der Waals surface area contributed by atoms with E-state index in [0.29, 0.717) is 16.5 Å². The third-order valence-electron chi connectivity index (χ3n) is 5.55.